The second kappa shape index (κ2) is 7.58. The molecule has 1 fully saturated rings. The summed E-state index contributed by atoms with van der Waals surface area (Å²) in [6, 6.07) is 10.0. The van der Waals surface area contributed by atoms with Crippen LogP contribution in [0, 0.1) is 0 Å². The Balaban J connectivity index is 0.000000861. The lowest BCUT2D eigenvalue weighted by atomic mass is 9.97. The lowest BCUT2D eigenvalue weighted by Crippen LogP contribution is -2.44. The van der Waals surface area contributed by atoms with Crippen molar-refractivity contribution in [3.63, 3.8) is 0 Å². The third-order valence-electron chi connectivity index (χ3n) is 3.51. The van der Waals surface area contributed by atoms with Gasteiger partial charge in [-0.05, 0) is 23.4 Å². The van der Waals surface area contributed by atoms with Crippen molar-refractivity contribution in [2.45, 2.75) is 45.4 Å². The molecule has 0 aromatic heterocycles. The number of benzene rings is 1. The maximum absolute atomic E-state index is 12.6. The Hall–Kier alpha value is -0.970. The van der Waals surface area contributed by atoms with E-state index in [0.29, 0.717) is 13.0 Å². The second-order valence-electron chi connectivity index (χ2n) is 4.76. The van der Waals surface area contributed by atoms with E-state index in [4.69, 9.17) is 0 Å². The zero-order chi connectivity index (χ0) is 14.3. The molecule has 108 valence electrons. The summed E-state index contributed by atoms with van der Waals surface area (Å²) in [5.74, 6) is 0. The highest BCUT2D eigenvalue weighted by Gasteiger charge is 2.44. The van der Waals surface area contributed by atoms with E-state index in [1.165, 1.54) is 5.56 Å². The molecule has 1 aliphatic rings. The topological polar surface area (TPSA) is 32.7 Å². The third-order valence-corrected chi connectivity index (χ3v) is 3.51. The smallest absolute Gasteiger partial charge is 0.148 e. The normalized spacial score (nSPS) is 24.7. The molecule has 1 saturated heterocycles. The molecule has 0 aliphatic carbocycles. The standard InChI is InChI=1S/C13H18FNO2.C2H6/c1-11(16)13(17-14)7-8-15(10-13)9-12-5-3-2-4-6-12;1-2/h2-6,11,16H,7-10H2,1H3;1-2H3. The van der Waals surface area contributed by atoms with Crippen molar-refractivity contribution in [1.82, 2.24) is 4.90 Å². The predicted octanol–water partition coefficient (Wildman–Crippen LogP) is 2.94. The van der Waals surface area contributed by atoms with Crippen LogP contribution in [0.2, 0.25) is 0 Å². The highest BCUT2D eigenvalue weighted by atomic mass is 19.3. The van der Waals surface area contributed by atoms with Crippen molar-refractivity contribution in [1.29, 1.82) is 0 Å². The van der Waals surface area contributed by atoms with Gasteiger partial charge >= 0.3 is 0 Å². The number of aliphatic hydroxyl groups is 1. The Morgan fingerprint density at radius 2 is 2.00 bits per heavy atom. The molecule has 0 saturated carbocycles. The fourth-order valence-corrected chi connectivity index (χ4v) is 2.33. The van der Waals surface area contributed by atoms with E-state index in [0.717, 1.165) is 13.1 Å². The van der Waals surface area contributed by atoms with Crippen LogP contribution in [0.1, 0.15) is 32.8 Å². The summed E-state index contributed by atoms with van der Waals surface area (Å²) in [6.07, 6.45) is -0.276. The highest BCUT2D eigenvalue weighted by Crippen LogP contribution is 2.30. The van der Waals surface area contributed by atoms with Gasteiger partial charge in [0.15, 0.2) is 0 Å². The van der Waals surface area contributed by atoms with Gasteiger partial charge in [0.2, 0.25) is 0 Å². The van der Waals surface area contributed by atoms with Crippen molar-refractivity contribution < 1.29 is 14.6 Å². The first-order valence-electron chi connectivity index (χ1n) is 6.90. The summed E-state index contributed by atoms with van der Waals surface area (Å²) >= 11 is 0. The molecule has 19 heavy (non-hydrogen) atoms. The monoisotopic (exact) mass is 269 g/mol. The van der Waals surface area contributed by atoms with Crippen molar-refractivity contribution in [3.05, 3.63) is 35.9 Å². The average molecular weight is 269 g/mol. The van der Waals surface area contributed by atoms with Crippen LogP contribution in [-0.2, 0) is 11.5 Å². The molecule has 1 heterocycles. The van der Waals surface area contributed by atoms with Gasteiger partial charge in [-0.2, -0.15) is 4.94 Å². The molecule has 0 amide bonds. The summed E-state index contributed by atoms with van der Waals surface area (Å²) in [7, 11) is 0. The zero-order valence-corrected chi connectivity index (χ0v) is 12.0. The van der Waals surface area contributed by atoms with Crippen LogP contribution in [-0.4, -0.2) is 34.8 Å². The SMILES string of the molecule is CC.CC(O)C1(OF)CCN(Cc2ccccc2)C1. The molecule has 4 heteroatoms. The van der Waals surface area contributed by atoms with E-state index < -0.39 is 11.7 Å². The Labute approximate surface area is 114 Å². The van der Waals surface area contributed by atoms with Crippen LogP contribution in [0.4, 0.5) is 4.53 Å². The maximum Gasteiger partial charge on any atom is 0.148 e. The molecule has 1 N–H and O–H groups in total. The molecule has 1 aliphatic heterocycles. The van der Waals surface area contributed by atoms with Crippen LogP contribution in [0.5, 0.6) is 0 Å². The molecule has 2 unspecified atom stereocenters. The Kier molecular flexibility index (Phi) is 6.42. The van der Waals surface area contributed by atoms with E-state index >= 15 is 0 Å². The fraction of sp³-hybridized carbons (Fsp3) is 0.600. The van der Waals surface area contributed by atoms with Gasteiger partial charge in [0.05, 0.1) is 6.10 Å². The van der Waals surface area contributed by atoms with Crippen molar-refractivity contribution in [3.8, 4) is 0 Å². The lowest BCUT2D eigenvalue weighted by molar-refractivity contribution is -0.260. The van der Waals surface area contributed by atoms with Crippen LogP contribution >= 0.6 is 0 Å². The Morgan fingerprint density at radius 3 is 2.47 bits per heavy atom. The summed E-state index contributed by atoms with van der Waals surface area (Å²) in [5.41, 5.74) is 0.141. The number of hydrogen-bond acceptors (Lipinski definition) is 3. The third kappa shape index (κ3) is 4.00. The largest absolute Gasteiger partial charge is 0.390 e. The molecule has 0 bridgehead atoms. The number of rotatable bonds is 4. The number of likely N-dealkylation sites (tertiary alicyclic amines) is 1. The molecular formula is C15H24FNO2. The first-order chi connectivity index (χ1) is 9.16. The van der Waals surface area contributed by atoms with Gasteiger partial charge in [-0.3, -0.25) is 4.90 Å². The zero-order valence-electron chi connectivity index (χ0n) is 12.0. The molecule has 0 spiro atoms. The molecule has 3 nitrogen and oxygen atoms in total. The number of hydrogen-bond donors (Lipinski definition) is 1. The first-order valence-corrected chi connectivity index (χ1v) is 6.90. The first kappa shape index (κ1) is 16.1. The van der Waals surface area contributed by atoms with Gasteiger partial charge in [-0.15, -0.1) is 0 Å². The Morgan fingerprint density at radius 1 is 1.37 bits per heavy atom. The molecule has 2 atom stereocenters. The summed E-state index contributed by atoms with van der Waals surface area (Å²) in [5, 5.41) is 9.59. The summed E-state index contributed by atoms with van der Waals surface area (Å²) < 4.78 is 12.6. The van der Waals surface area contributed by atoms with E-state index in [1.807, 2.05) is 44.2 Å². The highest BCUT2D eigenvalue weighted by molar-refractivity contribution is 5.15. The molecule has 2 rings (SSSR count). The van der Waals surface area contributed by atoms with Gasteiger partial charge in [-0.25, -0.2) is 0 Å². The fourth-order valence-electron chi connectivity index (χ4n) is 2.33. The molecule has 1 aromatic rings. The molecule has 0 radical (unpaired) electrons. The van der Waals surface area contributed by atoms with E-state index in [1.54, 1.807) is 6.92 Å². The summed E-state index contributed by atoms with van der Waals surface area (Å²) in [6.45, 7) is 7.50. The van der Waals surface area contributed by atoms with E-state index in [9.17, 15) is 9.63 Å². The van der Waals surface area contributed by atoms with E-state index in [-0.39, 0.29) is 0 Å². The minimum absolute atomic E-state index is 0.427. The predicted molar refractivity (Wildman–Crippen MR) is 74.3 cm³/mol. The van der Waals surface area contributed by atoms with Gasteiger partial charge in [0.1, 0.15) is 5.60 Å². The van der Waals surface area contributed by atoms with Crippen LogP contribution < -0.4 is 0 Å². The number of nitrogens with zero attached hydrogens (tertiary/aromatic N) is 1. The van der Waals surface area contributed by atoms with Gasteiger partial charge in [0.25, 0.3) is 0 Å². The second-order valence-corrected chi connectivity index (χ2v) is 4.76. The minimum Gasteiger partial charge on any atom is -0.390 e. The molecular weight excluding hydrogens is 245 g/mol. The van der Waals surface area contributed by atoms with Crippen LogP contribution in [0.3, 0.4) is 0 Å². The number of halogens is 1. The van der Waals surface area contributed by atoms with Crippen molar-refractivity contribution >= 4 is 0 Å². The van der Waals surface area contributed by atoms with Crippen LogP contribution in [0.15, 0.2) is 30.3 Å². The quantitative estimate of drug-likeness (QED) is 0.912. The van der Waals surface area contributed by atoms with Gasteiger partial charge < -0.3 is 5.11 Å². The van der Waals surface area contributed by atoms with Crippen LogP contribution in [0.25, 0.3) is 0 Å². The van der Waals surface area contributed by atoms with Gasteiger partial charge in [0, 0.05) is 19.6 Å². The van der Waals surface area contributed by atoms with Crippen molar-refractivity contribution in [2.75, 3.05) is 13.1 Å². The van der Waals surface area contributed by atoms with Crippen molar-refractivity contribution in [2.24, 2.45) is 0 Å². The van der Waals surface area contributed by atoms with Gasteiger partial charge in [-0.1, -0.05) is 44.2 Å². The summed E-state index contributed by atoms with van der Waals surface area (Å²) in [4.78, 5) is 6.14. The molecule has 1 aromatic carbocycles. The number of aliphatic hydroxyl groups excluding tert-OH is 1. The van der Waals surface area contributed by atoms with E-state index in [2.05, 4.69) is 9.84 Å². The lowest BCUT2D eigenvalue weighted by Gasteiger charge is -2.27. The Bertz CT molecular complexity index is 358. The average Bonchev–Trinajstić information content (AvgIpc) is 2.87. The maximum atomic E-state index is 12.6. The minimum atomic E-state index is -1.05.